The van der Waals surface area contributed by atoms with Crippen LogP contribution in [0.15, 0.2) is 29.4 Å². The third-order valence-electron chi connectivity index (χ3n) is 2.11. The second-order valence-corrected chi connectivity index (χ2v) is 3.34. The van der Waals surface area contributed by atoms with Gasteiger partial charge >= 0.3 is 0 Å². The van der Waals surface area contributed by atoms with E-state index in [2.05, 4.69) is 12.1 Å². The average molecular weight is 207 g/mol. The highest BCUT2D eigenvalue weighted by atomic mass is 16.6. The number of hydrogen-bond donors (Lipinski definition) is 0. The normalized spacial score (nSPS) is 12.7. The Labute approximate surface area is 90.7 Å². The first-order valence-corrected chi connectivity index (χ1v) is 5.09. The first-order chi connectivity index (χ1) is 7.26. The maximum absolute atomic E-state index is 5.20. The van der Waals surface area contributed by atoms with Gasteiger partial charge in [-0.15, -0.1) is 0 Å². The molecule has 0 amide bonds. The van der Waals surface area contributed by atoms with Crippen LogP contribution in [0.3, 0.4) is 0 Å². The quantitative estimate of drug-likeness (QED) is 0.549. The molecule has 0 radical (unpaired) electrons. The van der Waals surface area contributed by atoms with Gasteiger partial charge in [-0.05, 0) is 31.0 Å². The van der Waals surface area contributed by atoms with Crippen LogP contribution in [0.2, 0.25) is 0 Å². The molecule has 0 saturated carbocycles. The predicted molar refractivity (Wildman–Crippen MR) is 61.4 cm³/mol. The summed E-state index contributed by atoms with van der Waals surface area (Å²) in [6.07, 6.45) is 2.80. The Morgan fingerprint density at radius 2 is 2.27 bits per heavy atom. The Balaban J connectivity index is 2.56. The molecule has 0 fully saturated rings. The topological polar surface area (TPSA) is 30.8 Å². The Morgan fingerprint density at radius 1 is 1.47 bits per heavy atom. The van der Waals surface area contributed by atoms with Crippen molar-refractivity contribution in [3.63, 3.8) is 0 Å². The van der Waals surface area contributed by atoms with Gasteiger partial charge in [-0.25, -0.2) is 0 Å². The summed E-state index contributed by atoms with van der Waals surface area (Å²) in [5.41, 5.74) is 0.970. The predicted octanol–water partition coefficient (Wildman–Crippen LogP) is 2.84. The van der Waals surface area contributed by atoms with Crippen molar-refractivity contribution in [3.05, 3.63) is 29.8 Å². The first-order valence-electron chi connectivity index (χ1n) is 5.09. The molecule has 1 atom stereocenters. The molecule has 15 heavy (non-hydrogen) atoms. The van der Waals surface area contributed by atoms with Crippen molar-refractivity contribution in [1.82, 2.24) is 0 Å². The second kappa shape index (κ2) is 6.06. The van der Waals surface area contributed by atoms with E-state index in [9.17, 15) is 0 Å². The standard InChI is InChI=1S/C12H17NO2/c1-4-10(2)15-13-9-11-6-5-7-12(8-11)14-3/h5-10H,4H2,1-3H3. The van der Waals surface area contributed by atoms with E-state index >= 15 is 0 Å². The smallest absolute Gasteiger partial charge is 0.124 e. The molecule has 1 rings (SSSR count). The zero-order valence-corrected chi connectivity index (χ0v) is 9.43. The van der Waals surface area contributed by atoms with Crippen LogP contribution in [0, 0.1) is 0 Å². The highest BCUT2D eigenvalue weighted by Gasteiger charge is 1.96. The number of methoxy groups -OCH3 is 1. The fraction of sp³-hybridized carbons (Fsp3) is 0.417. The van der Waals surface area contributed by atoms with E-state index in [-0.39, 0.29) is 6.10 Å². The van der Waals surface area contributed by atoms with Gasteiger partial charge in [0.1, 0.15) is 11.9 Å². The van der Waals surface area contributed by atoms with E-state index in [1.165, 1.54) is 0 Å². The summed E-state index contributed by atoms with van der Waals surface area (Å²) in [5, 5.41) is 3.91. The molecule has 0 aliphatic heterocycles. The van der Waals surface area contributed by atoms with Crippen LogP contribution in [0.25, 0.3) is 0 Å². The average Bonchev–Trinajstić information content (AvgIpc) is 2.29. The molecule has 3 heteroatoms. The molecule has 3 nitrogen and oxygen atoms in total. The van der Waals surface area contributed by atoms with Crippen molar-refractivity contribution < 1.29 is 9.57 Å². The Hall–Kier alpha value is -1.51. The molecule has 1 aromatic rings. The lowest BCUT2D eigenvalue weighted by Gasteiger charge is -2.04. The summed E-state index contributed by atoms with van der Waals surface area (Å²) < 4.78 is 5.10. The van der Waals surface area contributed by atoms with Crippen LogP contribution in [0.4, 0.5) is 0 Å². The zero-order chi connectivity index (χ0) is 11.1. The van der Waals surface area contributed by atoms with Gasteiger partial charge in [0.05, 0.1) is 13.3 Å². The summed E-state index contributed by atoms with van der Waals surface area (Å²) in [5.74, 6) is 0.822. The molecule has 1 aromatic carbocycles. The summed E-state index contributed by atoms with van der Waals surface area (Å²) in [6, 6.07) is 7.67. The lowest BCUT2D eigenvalue weighted by Crippen LogP contribution is -2.01. The van der Waals surface area contributed by atoms with Crippen LogP contribution < -0.4 is 4.74 Å². The molecular formula is C12H17NO2. The number of rotatable bonds is 5. The number of benzene rings is 1. The number of hydrogen-bond acceptors (Lipinski definition) is 3. The Morgan fingerprint density at radius 3 is 2.93 bits per heavy atom. The van der Waals surface area contributed by atoms with Crippen molar-refractivity contribution in [1.29, 1.82) is 0 Å². The Kier molecular flexibility index (Phi) is 4.68. The van der Waals surface area contributed by atoms with Crippen molar-refractivity contribution in [2.24, 2.45) is 5.16 Å². The second-order valence-electron chi connectivity index (χ2n) is 3.34. The lowest BCUT2D eigenvalue weighted by molar-refractivity contribution is 0.0712. The van der Waals surface area contributed by atoms with Crippen LogP contribution in [0.1, 0.15) is 25.8 Å². The van der Waals surface area contributed by atoms with Crippen molar-refractivity contribution >= 4 is 6.21 Å². The van der Waals surface area contributed by atoms with Gasteiger partial charge in [0, 0.05) is 0 Å². The highest BCUT2D eigenvalue weighted by Crippen LogP contribution is 2.10. The fourth-order valence-electron chi connectivity index (χ4n) is 0.992. The number of ether oxygens (including phenoxy) is 1. The van der Waals surface area contributed by atoms with Gasteiger partial charge < -0.3 is 9.57 Å². The minimum atomic E-state index is 0.159. The summed E-state index contributed by atoms with van der Waals surface area (Å²) in [4.78, 5) is 5.20. The van der Waals surface area contributed by atoms with E-state index < -0.39 is 0 Å². The van der Waals surface area contributed by atoms with E-state index in [0.717, 1.165) is 17.7 Å². The molecule has 0 aliphatic rings. The maximum Gasteiger partial charge on any atom is 0.124 e. The molecule has 0 saturated heterocycles. The van der Waals surface area contributed by atoms with Gasteiger partial charge in [0.15, 0.2) is 0 Å². The molecule has 0 aliphatic carbocycles. The SMILES string of the molecule is CCC(C)ON=Cc1cccc(OC)c1. The molecule has 0 spiro atoms. The lowest BCUT2D eigenvalue weighted by atomic mass is 10.2. The van der Waals surface area contributed by atoms with Crippen LogP contribution in [-0.2, 0) is 4.84 Å². The molecule has 0 aromatic heterocycles. The zero-order valence-electron chi connectivity index (χ0n) is 9.43. The number of oxime groups is 1. The minimum absolute atomic E-state index is 0.159. The van der Waals surface area contributed by atoms with Gasteiger partial charge in [-0.3, -0.25) is 0 Å². The van der Waals surface area contributed by atoms with E-state index in [1.807, 2.05) is 31.2 Å². The summed E-state index contributed by atoms with van der Waals surface area (Å²) >= 11 is 0. The third-order valence-corrected chi connectivity index (χ3v) is 2.11. The van der Waals surface area contributed by atoms with E-state index in [1.54, 1.807) is 13.3 Å². The minimum Gasteiger partial charge on any atom is -0.497 e. The van der Waals surface area contributed by atoms with Gasteiger partial charge in [0.2, 0.25) is 0 Å². The first kappa shape index (κ1) is 11.6. The molecule has 0 bridgehead atoms. The van der Waals surface area contributed by atoms with Gasteiger partial charge in [-0.1, -0.05) is 24.2 Å². The van der Waals surface area contributed by atoms with Crippen molar-refractivity contribution in [3.8, 4) is 5.75 Å². The molecule has 0 N–H and O–H groups in total. The maximum atomic E-state index is 5.20. The molecular weight excluding hydrogens is 190 g/mol. The summed E-state index contributed by atoms with van der Waals surface area (Å²) in [7, 11) is 1.64. The number of nitrogens with zero attached hydrogens (tertiary/aromatic N) is 1. The van der Waals surface area contributed by atoms with Gasteiger partial charge in [-0.2, -0.15) is 0 Å². The van der Waals surface area contributed by atoms with Gasteiger partial charge in [0.25, 0.3) is 0 Å². The fourth-order valence-corrected chi connectivity index (χ4v) is 0.992. The highest BCUT2D eigenvalue weighted by molar-refractivity contribution is 5.79. The molecule has 82 valence electrons. The van der Waals surface area contributed by atoms with E-state index in [0.29, 0.717) is 0 Å². The van der Waals surface area contributed by atoms with Crippen LogP contribution >= 0.6 is 0 Å². The van der Waals surface area contributed by atoms with Crippen molar-refractivity contribution in [2.75, 3.05) is 7.11 Å². The Bertz CT molecular complexity index is 323. The third kappa shape index (κ3) is 4.02. The van der Waals surface area contributed by atoms with Crippen molar-refractivity contribution in [2.45, 2.75) is 26.4 Å². The molecule has 0 heterocycles. The summed E-state index contributed by atoms with van der Waals surface area (Å²) in [6.45, 7) is 4.05. The van der Waals surface area contributed by atoms with Crippen LogP contribution in [-0.4, -0.2) is 19.4 Å². The van der Waals surface area contributed by atoms with Crippen LogP contribution in [0.5, 0.6) is 5.75 Å². The molecule has 1 unspecified atom stereocenters. The van der Waals surface area contributed by atoms with E-state index in [4.69, 9.17) is 9.57 Å². The monoisotopic (exact) mass is 207 g/mol. The largest absolute Gasteiger partial charge is 0.497 e.